The number of rotatable bonds is 5. The van der Waals surface area contributed by atoms with Crippen molar-refractivity contribution < 1.29 is 14.3 Å². The highest BCUT2D eigenvalue weighted by atomic mass is 16.5. The van der Waals surface area contributed by atoms with E-state index in [2.05, 4.69) is 0 Å². The Morgan fingerprint density at radius 3 is 2.38 bits per heavy atom. The second-order valence-electron chi connectivity index (χ2n) is 5.98. The van der Waals surface area contributed by atoms with E-state index in [1.54, 1.807) is 13.8 Å². The van der Waals surface area contributed by atoms with E-state index in [0.29, 0.717) is 6.61 Å². The van der Waals surface area contributed by atoms with Gasteiger partial charge in [-0.3, -0.25) is 14.5 Å². The normalized spacial score (nSPS) is 19.0. The van der Waals surface area contributed by atoms with Crippen molar-refractivity contribution in [3.63, 3.8) is 0 Å². The molecule has 0 radical (unpaired) electrons. The van der Waals surface area contributed by atoms with Crippen molar-refractivity contribution in [3.8, 4) is 5.75 Å². The Labute approximate surface area is 125 Å². The summed E-state index contributed by atoms with van der Waals surface area (Å²) in [6.45, 7) is 6.32. The quantitative estimate of drug-likeness (QED) is 0.840. The molecule has 1 aliphatic heterocycles. The van der Waals surface area contributed by atoms with Crippen LogP contribution in [0.5, 0.6) is 5.75 Å². The van der Waals surface area contributed by atoms with Gasteiger partial charge in [-0.1, -0.05) is 26.0 Å². The highest BCUT2D eigenvalue weighted by molar-refractivity contribution is 6.05. The summed E-state index contributed by atoms with van der Waals surface area (Å²) in [7, 11) is 0. The van der Waals surface area contributed by atoms with Crippen molar-refractivity contribution in [1.29, 1.82) is 0 Å². The van der Waals surface area contributed by atoms with Crippen molar-refractivity contribution in [2.45, 2.75) is 33.2 Å². The van der Waals surface area contributed by atoms with E-state index in [1.807, 2.05) is 31.2 Å². The maximum atomic E-state index is 12.2. The van der Waals surface area contributed by atoms with Gasteiger partial charge in [0.05, 0.1) is 12.0 Å². The molecule has 1 unspecified atom stereocenters. The van der Waals surface area contributed by atoms with Crippen LogP contribution in [0.25, 0.3) is 0 Å². The number of hydrogen-bond donors (Lipinski definition) is 1. The van der Waals surface area contributed by atoms with Crippen LogP contribution in [0, 0.1) is 5.41 Å². The minimum absolute atomic E-state index is 0.145. The smallest absolute Gasteiger partial charge is 0.235 e. The maximum absolute atomic E-state index is 12.2. The molecule has 2 N–H and O–H groups in total. The van der Waals surface area contributed by atoms with E-state index in [-0.39, 0.29) is 30.8 Å². The molecular weight excluding hydrogens is 268 g/mol. The second kappa shape index (κ2) is 5.85. The van der Waals surface area contributed by atoms with E-state index in [1.165, 1.54) is 4.90 Å². The Morgan fingerprint density at radius 1 is 1.29 bits per heavy atom. The predicted molar refractivity (Wildman–Crippen MR) is 79.7 cm³/mol. The van der Waals surface area contributed by atoms with Crippen LogP contribution in [-0.4, -0.2) is 29.9 Å². The van der Waals surface area contributed by atoms with Crippen LogP contribution in [0.3, 0.4) is 0 Å². The first-order valence-electron chi connectivity index (χ1n) is 7.18. The number of nitrogens with two attached hydrogens (primary N) is 1. The first-order valence-corrected chi connectivity index (χ1v) is 7.18. The van der Waals surface area contributed by atoms with Crippen molar-refractivity contribution in [2.75, 3.05) is 13.2 Å². The summed E-state index contributed by atoms with van der Waals surface area (Å²) in [6.07, 6.45) is 0.252. The number of carbonyl (C=O) groups excluding carboxylic acids is 2. The van der Waals surface area contributed by atoms with Gasteiger partial charge in [-0.05, 0) is 24.6 Å². The molecule has 114 valence electrons. The molecule has 1 fully saturated rings. The molecule has 1 atom stereocenters. The molecule has 1 heterocycles. The van der Waals surface area contributed by atoms with Gasteiger partial charge in [0, 0.05) is 19.0 Å². The van der Waals surface area contributed by atoms with Crippen LogP contribution in [0.4, 0.5) is 0 Å². The molecule has 1 saturated heterocycles. The number of benzene rings is 1. The largest absolute Gasteiger partial charge is 0.494 e. The third-order valence-corrected chi connectivity index (χ3v) is 3.72. The molecular formula is C16H22N2O3. The van der Waals surface area contributed by atoms with Crippen LogP contribution in [-0.2, 0) is 9.59 Å². The Bertz CT molecular complexity index is 537. The lowest BCUT2D eigenvalue weighted by Crippen LogP contribution is -2.38. The highest BCUT2D eigenvalue weighted by Crippen LogP contribution is 2.32. The van der Waals surface area contributed by atoms with Crippen LogP contribution in [0.15, 0.2) is 24.3 Å². The third kappa shape index (κ3) is 3.24. The first kappa shape index (κ1) is 15.5. The SMILES string of the molecule is CCOc1ccc(C(N)CN2C(=O)CC(C)(C)C2=O)cc1. The summed E-state index contributed by atoms with van der Waals surface area (Å²) in [5.41, 5.74) is 6.39. The molecule has 0 saturated carbocycles. The number of nitrogens with zero attached hydrogens (tertiary/aromatic N) is 1. The van der Waals surface area contributed by atoms with Gasteiger partial charge >= 0.3 is 0 Å². The lowest BCUT2D eigenvalue weighted by molar-refractivity contribution is -0.141. The molecule has 5 nitrogen and oxygen atoms in total. The fourth-order valence-corrected chi connectivity index (χ4v) is 2.49. The minimum Gasteiger partial charge on any atom is -0.494 e. The minimum atomic E-state index is -0.615. The van der Waals surface area contributed by atoms with Gasteiger partial charge in [0.2, 0.25) is 11.8 Å². The maximum Gasteiger partial charge on any atom is 0.235 e. The summed E-state index contributed by atoms with van der Waals surface area (Å²) in [6, 6.07) is 7.03. The molecule has 2 amide bonds. The summed E-state index contributed by atoms with van der Waals surface area (Å²) in [5.74, 6) is 0.489. The average Bonchev–Trinajstić information content (AvgIpc) is 2.62. The molecule has 1 aliphatic rings. The van der Waals surface area contributed by atoms with E-state index in [4.69, 9.17) is 10.5 Å². The first-order chi connectivity index (χ1) is 9.85. The number of ether oxygens (including phenoxy) is 1. The van der Waals surface area contributed by atoms with Gasteiger partial charge in [-0.15, -0.1) is 0 Å². The second-order valence-corrected chi connectivity index (χ2v) is 5.98. The van der Waals surface area contributed by atoms with Crippen LogP contribution < -0.4 is 10.5 Å². The molecule has 21 heavy (non-hydrogen) atoms. The number of carbonyl (C=O) groups is 2. The summed E-state index contributed by atoms with van der Waals surface area (Å²) in [5, 5.41) is 0. The molecule has 0 aliphatic carbocycles. The third-order valence-electron chi connectivity index (χ3n) is 3.72. The van der Waals surface area contributed by atoms with Crippen molar-refractivity contribution >= 4 is 11.8 Å². The van der Waals surface area contributed by atoms with Gasteiger partial charge in [-0.2, -0.15) is 0 Å². The lowest BCUT2D eigenvalue weighted by Gasteiger charge is -2.21. The van der Waals surface area contributed by atoms with Gasteiger partial charge in [0.1, 0.15) is 5.75 Å². The average molecular weight is 290 g/mol. The molecule has 0 bridgehead atoms. The van der Waals surface area contributed by atoms with Crippen molar-refractivity contribution in [3.05, 3.63) is 29.8 Å². The topological polar surface area (TPSA) is 72.6 Å². The van der Waals surface area contributed by atoms with E-state index < -0.39 is 5.41 Å². The summed E-state index contributed by atoms with van der Waals surface area (Å²) in [4.78, 5) is 25.4. The van der Waals surface area contributed by atoms with E-state index in [0.717, 1.165) is 11.3 Å². The number of likely N-dealkylation sites (tertiary alicyclic amines) is 1. The molecule has 0 aromatic heterocycles. The van der Waals surface area contributed by atoms with Gasteiger partial charge in [0.15, 0.2) is 0 Å². The van der Waals surface area contributed by atoms with Gasteiger partial charge in [-0.25, -0.2) is 0 Å². The fraction of sp³-hybridized carbons (Fsp3) is 0.500. The van der Waals surface area contributed by atoms with Crippen LogP contribution in [0.2, 0.25) is 0 Å². The van der Waals surface area contributed by atoms with Crippen molar-refractivity contribution in [2.24, 2.45) is 11.1 Å². The number of amides is 2. The highest BCUT2D eigenvalue weighted by Gasteiger charge is 2.44. The number of imide groups is 1. The van der Waals surface area contributed by atoms with Crippen LogP contribution in [0.1, 0.15) is 38.8 Å². The summed E-state index contributed by atoms with van der Waals surface area (Å²) >= 11 is 0. The lowest BCUT2D eigenvalue weighted by atomic mass is 9.92. The molecule has 1 aromatic carbocycles. The van der Waals surface area contributed by atoms with E-state index >= 15 is 0 Å². The fourth-order valence-electron chi connectivity index (χ4n) is 2.49. The Hall–Kier alpha value is -1.88. The molecule has 0 spiro atoms. The van der Waals surface area contributed by atoms with E-state index in [9.17, 15) is 9.59 Å². The van der Waals surface area contributed by atoms with Gasteiger partial charge in [0.25, 0.3) is 0 Å². The molecule has 1 aromatic rings. The standard InChI is InChI=1S/C16H22N2O3/c1-4-21-12-7-5-11(6-8-12)13(17)10-18-14(19)9-16(2,3)15(18)20/h5-8,13H,4,9-10,17H2,1-3H3. The zero-order valence-corrected chi connectivity index (χ0v) is 12.8. The Balaban J connectivity index is 2.06. The molecule has 5 heteroatoms. The van der Waals surface area contributed by atoms with Crippen molar-refractivity contribution in [1.82, 2.24) is 4.90 Å². The Morgan fingerprint density at radius 2 is 1.90 bits per heavy atom. The zero-order valence-electron chi connectivity index (χ0n) is 12.8. The number of hydrogen-bond acceptors (Lipinski definition) is 4. The summed E-state index contributed by atoms with van der Waals surface area (Å²) < 4.78 is 5.38. The Kier molecular flexibility index (Phi) is 4.32. The van der Waals surface area contributed by atoms with Crippen LogP contribution >= 0.6 is 0 Å². The van der Waals surface area contributed by atoms with Gasteiger partial charge < -0.3 is 10.5 Å². The monoisotopic (exact) mass is 290 g/mol. The predicted octanol–water partition coefficient (Wildman–Crippen LogP) is 1.87. The molecule has 2 rings (SSSR count). The zero-order chi connectivity index (χ0) is 15.6.